The molecule has 4 saturated carbocycles. The van der Waals surface area contributed by atoms with E-state index in [1.165, 1.54) is 32.1 Å². The summed E-state index contributed by atoms with van der Waals surface area (Å²) in [5.74, 6) is 5.00. The van der Waals surface area contributed by atoms with Gasteiger partial charge in [0.25, 0.3) is 0 Å². The largest absolute Gasteiger partial charge is 0.491 e. The predicted octanol–water partition coefficient (Wildman–Crippen LogP) is 5.27. The maximum atomic E-state index is 13.4. The Kier molecular flexibility index (Phi) is 4.64. The molecule has 2 amide bonds. The summed E-state index contributed by atoms with van der Waals surface area (Å²) in [5, 5.41) is 3.48. The van der Waals surface area contributed by atoms with Crippen LogP contribution in [0.25, 0.3) is 22.2 Å². The Balaban J connectivity index is 1.11. The van der Waals surface area contributed by atoms with Gasteiger partial charge >= 0.3 is 6.03 Å². The minimum absolute atomic E-state index is 0.0775. The van der Waals surface area contributed by atoms with Crippen LogP contribution < -0.4 is 10.1 Å². The summed E-state index contributed by atoms with van der Waals surface area (Å²) in [6.07, 6.45) is 6.69. The van der Waals surface area contributed by atoms with Crippen LogP contribution in [0.4, 0.5) is 4.79 Å². The topological polar surface area (TPSA) is 70.2 Å². The highest BCUT2D eigenvalue weighted by Gasteiger charge is 2.48. The maximum absolute atomic E-state index is 13.4. The lowest BCUT2D eigenvalue weighted by Gasteiger charge is -2.54. The SMILES string of the molecule is Cc1nc2ccc(-c3ccc4c(c3)CN(C(=O)NC3[C@H]5C[C@@H]6C[C@@H](C[C@H]3C6)C5)CCO4)cc2[nH]1. The minimum atomic E-state index is 0.0775. The van der Waals surface area contributed by atoms with Crippen molar-refractivity contribution < 1.29 is 9.53 Å². The van der Waals surface area contributed by atoms with Gasteiger partial charge in [-0.2, -0.15) is 0 Å². The van der Waals surface area contributed by atoms with Gasteiger partial charge in [-0.1, -0.05) is 12.1 Å². The van der Waals surface area contributed by atoms with Crippen LogP contribution in [0.15, 0.2) is 36.4 Å². The van der Waals surface area contributed by atoms with Crippen LogP contribution in [0.3, 0.4) is 0 Å². The van der Waals surface area contributed by atoms with E-state index < -0.39 is 0 Å². The third-order valence-electron chi connectivity index (χ3n) is 8.78. The molecule has 4 fully saturated rings. The first-order valence-corrected chi connectivity index (χ1v) is 12.9. The van der Waals surface area contributed by atoms with Crippen molar-refractivity contribution in [1.82, 2.24) is 20.2 Å². The van der Waals surface area contributed by atoms with Crippen molar-refractivity contribution in [1.29, 1.82) is 0 Å². The zero-order valence-corrected chi connectivity index (χ0v) is 19.7. The zero-order valence-electron chi connectivity index (χ0n) is 19.7. The Morgan fingerprint density at radius 3 is 2.56 bits per heavy atom. The van der Waals surface area contributed by atoms with Gasteiger partial charge < -0.3 is 19.9 Å². The molecule has 4 aliphatic carbocycles. The lowest BCUT2D eigenvalue weighted by atomic mass is 9.54. The van der Waals surface area contributed by atoms with Gasteiger partial charge in [0.05, 0.1) is 24.1 Å². The summed E-state index contributed by atoms with van der Waals surface area (Å²) in [5.41, 5.74) is 5.34. The molecule has 2 N–H and O–H groups in total. The number of benzene rings is 2. The van der Waals surface area contributed by atoms with E-state index in [1.807, 2.05) is 17.9 Å². The number of imidazole rings is 1. The number of carbonyl (C=O) groups is 1. The summed E-state index contributed by atoms with van der Waals surface area (Å²) < 4.78 is 6.04. The highest BCUT2D eigenvalue weighted by atomic mass is 16.5. The summed E-state index contributed by atoms with van der Waals surface area (Å²) >= 11 is 0. The third-order valence-corrected chi connectivity index (χ3v) is 8.78. The Labute approximate surface area is 200 Å². The number of nitrogens with zero attached hydrogens (tertiary/aromatic N) is 2. The zero-order chi connectivity index (χ0) is 22.8. The smallest absolute Gasteiger partial charge is 0.318 e. The minimum Gasteiger partial charge on any atom is -0.491 e. The lowest BCUT2D eigenvalue weighted by Crippen LogP contribution is -2.58. The molecule has 0 unspecified atom stereocenters. The summed E-state index contributed by atoms with van der Waals surface area (Å²) in [6, 6.07) is 13.1. The van der Waals surface area contributed by atoms with Crippen LogP contribution >= 0.6 is 0 Å². The molecule has 2 aromatic carbocycles. The molecule has 0 spiro atoms. The highest BCUT2D eigenvalue weighted by molar-refractivity contribution is 5.82. The average Bonchev–Trinajstić information content (AvgIpc) is 3.06. The second-order valence-electron chi connectivity index (χ2n) is 11.1. The van der Waals surface area contributed by atoms with Crippen LogP contribution in [-0.2, 0) is 6.54 Å². The number of aryl methyl sites for hydroxylation is 1. The van der Waals surface area contributed by atoms with Gasteiger partial charge in [-0.05, 0) is 98.1 Å². The van der Waals surface area contributed by atoms with E-state index in [9.17, 15) is 4.79 Å². The van der Waals surface area contributed by atoms with E-state index in [4.69, 9.17) is 4.74 Å². The second kappa shape index (κ2) is 7.76. The lowest BCUT2D eigenvalue weighted by molar-refractivity contribution is -0.0111. The van der Waals surface area contributed by atoms with Crippen molar-refractivity contribution in [3.63, 3.8) is 0 Å². The maximum Gasteiger partial charge on any atom is 0.318 e. The molecule has 1 aromatic heterocycles. The fourth-order valence-corrected chi connectivity index (χ4v) is 7.46. The van der Waals surface area contributed by atoms with Gasteiger partial charge in [-0.3, -0.25) is 0 Å². The molecule has 0 atom stereocenters. The summed E-state index contributed by atoms with van der Waals surface area (Å²) in [7, 11) is 0. The van der Waals surface area contributed by atoms with Gasteiger partial charge in [0.1, 0.15) is 18.2 Å². The Bertz CT molecular complexity index is 1240. The first-order valence-electron chi connectivity index (χ1n) is 12.9. The molecule has 3 aromatic rings. The molecular formula is C28H32N4O2. The Morgan fingerprint density at radius 2 is 1.76 bits per heavy atom. The number of rotatable bonds is 2. The van der Waals surface area contributed by atoms with E-state index in [-0.39, 0.29) is 6.03 Å². The van der Waals surface area contributed by atoms with Crippen molar-refractivity contribution in [2.75, 3.05) is 13.2 Å². The normalized spacial score (nSPS) is 29.6. The first-order chi connectivity index (χ1) is 16.6. The van der Waals surface area contributed by atoms with Gasteiger partial charge in [-0.25, -0.2) is 9.78 Å². The van der Waals surface area contributed by atoms with Crippen LogP contribution in [-0.4, -0.2) is 40.1 Å². The van der Waals surface area contributed by atoms with E-state index in [0.29, 0.717) is 37.6 Å². The first kappa shape index (κ1) is 20.4. The highest BCUT2D eigenvalue weighted by Crippen LogP contribution is 2.53. The van der Waals surface area contributed by atoms with Crippen LogP contribution in [0, 0.1) is 30.6 Å². The molecule has 4 bridgehead atoms. The molecule has 0 saturated heterocycles. The monoisotopic (exact) mass is 456 g/mol. The molecule has 34 heavy (non-hydrogen) atoms. The predicted molar refractivity (Wildman–Crippen MR) is 132 cm³/mol. The van der Waals surface area contributed by atoms with Crippen molar-refractivity contribution in [3.8, 4) is 16.9 Å². The number of aromatic nitrogens is 2. The van der Waals surface area contributed by atoms with Crippen LogP contribution in [0.2, 0.25) is 0 Å². The second-order valence-corrected chi connectivity index (χ2v) is 11.1. The number of nitrogens with one attached hydrogen (secondary N) is 2. The molecular weight excluding hydrogens is 424 g/mol. The fraction of sp³-hybridized carbons (Fsp3) is 0.500. The number of urea groups is 1. The quantitative estimate of drug-likeness (QED) is 0.552. The molecule has 176 valence electrons. The molecule has 0 radical (unpaired) electrons. The number of ether oxygens (including phenoxy) is 1. The number of hydrogen-bond donors (Lipinski definition) is 2. The summed E-state index contributed by atoms with van der Waals surface area (Å²) in [4.78, 5) is 23.2. The van der Waals surface area contributed by atoms with Gasteiger partial charge in [0.2, 0.25) is 0 Å². The molecule has 5 aliphatic rings. The van der Waals surface area contributed by atoms with E-state index in [2.05, 4.69) is 45.6 Å². The number of aromatic amines is 1. The average molecular weight is 457 g/mol. The van der Waals surface area contributed by atoms with Crippen LogP contribution in [0.5, 0.6) is 5.75 Å². The fourth-order valence-electron chi connectivity index (χ4n) is 7.46. The van der Waals surface area contributed by atoms with Crippen molar-refractivity contribution in [2.45, 2.75) is 51.6 Å². The molecule has 2 heterocycles. The van der Waals surface area contributed by atoms with Crippen molar-refractivity contribution in [3.05, 3.63) is 47.8 Å². The number of fused-ring (bicyclic) bond motifs is 2. The standard InChI is InChI=1S/C28H32N4O2/c1-16-29-24-4-2-20(14-25(24)30-16)19-3-5-26-23(13-19)15-32(6-7-34-26)28(33)31-27-21-9-17-8-18(11-21)12-22(27)10-17/h2-5,13-14,17-18,21-22,27H,6-12,15H2,1H3,(H,29,30)(H,31,33)/t17-,18+,21-,22+,27?. The number of carbonyl (C=O) groups excluding carboxylic acids is 1. The third kappa shape index (κ3) is 3.46. The molecule has 8 rings (SSSR count). The number of hydrogen-bond acceptors (Lipinski definition) is 3. The van der Waals surface area contributed by atoms with Crippen molar-refractivity contribution in [2.24, 2.45) is 23.7 Å². The van der Waals surface area contributed by atoms with Gasteiger partial charge in [0, 0.05) is 11.6 Å². The van der Waals surface area contributed by atoms with Gasteiger partial charge in [-0.15, -0.1) is 0 Å². The van der Waals surface area contributed by atoms with Gasteiger partial charge in [0.15, 0.2) is 0 Å². The number of amides is 2. The Hall–Kier alpha value is -3.02. The van der Waals surface area contributed by atoms with Crippen LogP contribution in [0.1, 0.15) is 43.5 Å². The summed E-state index contributed by atoms with van der Waals surface area (Å²) in [6.45, 7) is 3.69. The van der Waals surface area contributed by atoms with E-state index >= 15 is 0 Å². The molecule has 6 heteroatoms. The number of H-pyrrole nitrogens is 1. The van der Waals surface area contributed by atoms with E-state index in [1.54, 1.807) is 0 Å². The molecule has 1 aliphatic heterocycles. The van der Waals surface area contributed by atoms with E-state index in [0.717, 1.165) is 51.1 Å². The Morgan fingerprint density at radius 1 is 1.03 bits per heavy atom. The molecule has 6 nitrogen and oxygen atoms in total. The van der Waals surface area contributed by atoms with Crippen molar-refractivity contribution >= 4 is 17.1 Å².